The lowest BCUT2D eigenvalue weighted by molar-refractivity contribution is -0.157. The first-order chi connectivity index (χ1) is 24.8. The van der Waals surface area contributed by atoms with Gasteiger partial charge in [0.1, 0.15) is 18.0 Å². The van der Waals surface area contributed by atoms with E-state index in [0.717, 1.165) is 19.3 Å². The highest BCUT2D eigenvalue weighted by molar-refractivity contribution is 7.79. The summed E-state index contributed by atoms with van der Waals surface area (Å²) >= 11 is 0. The van der Waals surface area contributed by atoms with Crippen LogP contribution in [0.4, 0.5) is 0 Å². The number of aryl methyl sites for hydroxylation is 1. The number of carbonyl (C=O) groups excluding carboxylic acids is 1. The first kappa shape index (κ1) is 38.4. The van der Waals surface area contributed by atoms with Crippen LogP contribution in [0.1, 0.15) is 112 Å². The Morgan fingerprint density at radius 2 is 1.48 bits per heavy atom. The smallest absolute Gasteiger partial charge is 0.394 e. The van der Waals surface area contributed by atoms with Crippen molar-refractivity contribution in [1.82, 2.24) is 4.90 Å². The molecule has 2 heterocycles. The number of esters is 1. The average molecular weight is 734 g/mol. The first-order valence-electron chi connectivity index (χ1n) is 19.0. The highest BCUT2D eigenvalue weighted by atomic mass is 32.3. The van der Waals surface area contributed by atoms with Gasteiger partial charge in [0.25, 0.3) is 0 Å². The van der Waals surface area contributed by atoms with Gasteiger partial charge in [-0.25, -0.2) is 0 Å². The van der Waals surface area contributed by atoms with Crippen LogP contribution in [-0.4, -0.2) is 64.8 Å². The van der Waals surface area contributed by atoms with Crippen molar-refractivity contribution in [3.05, 3.63) is 101 Å². The van der Waals surface area contributed by atoms with Crippen molar-refractivity contribution in [3.8, 4) is 5.75 Å². The van der Waals surface area contributed by atoms with Crippen LogP contribution >= 0.6 is 0 Å². The molecule has 3 aromatic rings. The standard InChI is InChI=1S/C21H25NO.C21H28O3.H2O4S/c1-22-18-12-13-19(22)15-20(14-18)23-21(16-8-4-2-5-9-16)17-10-6-3-7-11-17;1-3-20(23)24-19-9-8-18-17-6-4-13-12-14(22)5-7-15(13)16(17)10-11-21(18,19)2;1-5(2,3)4/h2-11,18-21H,12-15H2,1H3;5,7,12,16-19,22H,3-4,6,8-11H2,1-2H3;(H2,1,2,3,4). The van der Waals surface area contributed by atoms with Crippen LogP contribution in [-0.2, 0) is 31.1 Å². The lowest BCUT2D eigenvalue weighted by atomic mass is 9.55. The number of hydrogen-bond donors (Lipinski definition) is 3. The second-order valence-corrected chi connectivity index (χ2v) is 16.6. The summed E-state index contributed by atoms with van der Waals surface area (Å²) in [5.41, 5.74) is 5.46. The molecule has 2 aliphatic heterocycles. The van der Waals surface area contributed by atoms with Crippen LogP contribution in [0.5, 0.6) is 5.75 Å². The highest BCUT2D eigenvalue weighted by Gasteiger charge is 2.56. The van der Waals surface area contributed by atoms with Gasteiger partial charge in [-0.2, -0.15) is 8.42 Å². The molecule has 282 valence electrons. The summed E-state index contributed by atoms with van der Waals surface area (Å²) in [7, 11) is -2.38. The van der Waals surface area contributed by atoms with Crippen LogP contribution in [0.3, 0.4) is 0 Å². The van der Waals surface area contributed by atoms with Crippen molar-refractivity contribution < 1.29 is 36.9 Å². The maximum atomic E-state index is 11.8. The van der Waals surface area contributed by atoms with E-state index in [1.807, 2.05) is 19.1 Å². The Bertz CT molecular complexity index is 1690. The molecule has 10 heteroatoms. The van der Waals surface area contributed by atoms with E-state index in [1.54, 1.807) is 0 Å². The molecule has 3 aliphatic carbocycles. The molecular formula is C42H55NO8S. The van der Waals surface area contributed by atoms with Gasteiger partial charge in [0, 0.05) is 23.9 Å². The Morgan fingerprint density at radius 1 is 0.885 bits per heavy atom. The SMILES string of the molecule is CCC(=O)OC1CCC2C3CCc4cc(O)ccc4C3CCC12C.CN1C2CCC1CC(OC(c1ccccc1)c1ccccc1)C2.O=S(=O)(O)O. The zero-order valence-corrected chi connectivity index (χ0v) is 31.5. The number of phenolic OH excluding ortho intramolecular Hbond substituents is 1. The van der Waals surface area contributed by atoms with Crippen LogP contribution < -0.4 is 0 Å². The van der Waals surface area contributed by atoms with Crippen molar-refractivity contribution in [3.63, 3.8) is 0 Å². The Morgan fingerprint density at radius 3 is 2.06 bits per heavy atom. The lowest BCUT2D eigenvalue weighted by Gasteiger charge is -2.50. The molecule has 7 atom stereocenters. The van der Waals surface area contributed by atoms with Gasteiger partial charge in [-0.15, -0.1) is 0 Å². The largest absolute Gasteiger partial charge is 0.508 e. The number of aromatic hydroxyl groups is 1. The molecular weight excluding hydrogens is 679 g/mol. The van der Waals surface area contributed by atoms with Gasteiger partial charge in [0.05, 0.1) is 6.10 Å². The summed E-state index contributed by atoms with van der Waals surface area (Å²) in [6.07, 6.45) is 12.8. The molecule has 4 fully saturated rings. The maximum absolute atomic E-state index is 11.8. The number of carbonyl (C=O) groups is 1. The number of benzene rings is 3. The van der Waals surface area contributed by atoms with Crippen molar-refractivity contribution in [2.24, 2.45) is 17.3 Å². The van der Waals surface area contributed by atoms with Crippen LogP contribution in [0.15, 0.2) is 78.9 Å². The van der Waals surface area contributed by atoms with E-state index in [-0.39, 0.29) is 23.6 Å². The van der Waals surface area contributed by atoms with Crippen LogP contribution in [0.25, 0.3) is 0 Å². The maximum Gasteiger partial charge on any atom is 0.394 e. The molecule has 0 radical (unpaired) electrons. The molecule has 7 unspecified atom stereocenters. The number of nitrogens with zero attached hydrogens (tertiary/aromatic N) is 1. The Kier molecular flexibility index (Phi) is 12.1. The van der Waals surface area contributed by atoms with Gasteiger partial charge >= 0.3 is 16.4 Å². The molecule has 2 saturated heterocycles. The van der Waals surface area contributed by atoms with E-state index in [4.69, 9.17) is 27.0 Å². The van der Waals surface area contributed by atoms with E-state index in [1.165, 1.54) is 67.2 Å². The summed E-state index contributed by atoms with van der Waals surface area (Å²) in [5, 5.41) is 9.77. The molecule has 0 spiro atoms. The third kappa shape index (κ3) is 8.91. The Labute approximate surface area is 309 Å². The fourth-order valence-corrected chi connectivity index (χ4v) is 10.2. The van der Waals surface area contributed by atoms with E-state index >= 15 is 0 Å². The molecule has 3 aromatic carbocycles. The predicted octanol–water partition coefficient (Wildman–Crippen LogP) is 8.34. The monoisotopic (exact) mass is 733 g/mol. The number of fused-ring (bicyclic) bond motifs is 7. The van der Waals surface area contributed by atoms with E-state index < -0.39 is 10.4 Å². The average Bonchev–Trinajstić information content (AvgIpc) is 3.54. The summed E-state index contributed by atoms with van der Waals surface area (Å²) in [4.78, 5) is 14.4. The quantitative estimate of drug-likeness (QED) is 0.169. The van der Waals surface area contributed by atoms with Crippen LogP contribution in [0, 0.1) is 17.3 Å². The predicted molar refractivity (Wildman–Crippen MR) is 200 cm³/mol. The van der Waals surface area contributed by atoms with E-state index in [9.17, 15) is 9.90 Å². The van der Waals surface area contributed by atoms with Crippen molar-refractivity contribution in [2.45, 2.75) is 121 Å². The van der Waals surface area contributed by atoms with Gasteiger partial charge in [-0.1, -0.05) is 80.6 Å². The fourth-order valence-electron chi connectivity index (χ4n) is 10.2. The molecule has 9 nitrogen and oxygen atoms in total. The van der Waals surface area contributed by atoms with Gasteiger partial charge < -0.3 is 19.5 Å². The summed E-state index contributed by atoms with van der Waals surface area (Å²) in [6.45, 7) is 4.24. The molecule has 0 amide bonds. The molecule has 8 rings (SSSR count). The fraction of sp³-hybridized carbons (Fsp3) is 0.548. The van der Waals surface area contributed by atoms with E-state index in [0.29, 0.717) is 48.1 Å². The number of piperidine rings is 1. The first-order valence-corrected chi connectivity index (χ1v) is 20.4. The number of rotatable bonds is 6. The minimum Gasteiger partial charge on any atom is -0.508 e. The second kappa shape index (κ2) is 16.4. The summed E-state index contributed by atoms with van der Waals surface area (Å²) < 4.78 is 44.1. The Hall–Kier alpha value is -3.28. The number of ether oxygens (including phenoxy) is 2. The van der Waals surface area contributed by atoms with Crippen molar-refractivity contribution in [1.29, 1.82) is 0 Å². The molecule has 5 aliphatic rings. The highest BCUT2D eigenvalue weighted by Crippen LogP contribution is 2.61. The number of phenols is 1. The summed E-state index contributed by atoms with van der Waals surface area (Å²) in [5.74, 6) is 2.32. The minimum absolute atomic E-state index is 0.0465. The second-order valence-electron chi connectivity index (χ2n) is 15.7. The Balaban J connectivity index is 0.000000158. The van der Waals surface area contributed by atoms with Crippen molar-refractivity contribution >= 4 is 16.4 Å². The van der Waals surface area contributed by atoms with Gasteiger partial charge in [0.2, 0.25) is 0 Å². The molecule has 2 bridgehead atoms. The van der Waals surface area contributed by atoms with Gasteiger partial charge in [-0.05, 0) is 123 Å². The van der Waals surface area contributed by atoms with E-state index in [2.05, 4.69) is 85.6 Å². The lowest BCUT2D eigenvalue weighted by Crippen LogP contribution is -2.45. The van der Waals surface area contributed by atoms with Crippen LogP contribution in [0.2, 0.25) is 0 Å². The van der Waals surface area contributed by atoms with Gasteiger partial charge in [0.15, 0.2) is 0 Å². The molecule has 3 N–H and O–H groups in total. The van der Waals surface area contributed by atoms with Crippen molar-refractivity contribution in [2.75, 3.05) is 7.05 Å². The number of hydrogen-bond acceptors (Lipinski definition) is 7. The third-order valence-corrected chi connectivity index (χ3v) is 12.8. The molecule has 52 heavy (non-hydrogen) atoms. The third-order valence-electron chi connectivity index (χ3n) is 12.8. The molecule has 0 aromatic heterocycles. The normalized spacial score (nSPS) is 30.5. The minimum atomic E-state index is -4.67. The zero-order chi connectivity index (χ0) is 37.0. The molecule has 2 saturated carbocycles. The zero-order valence-electron chi connectivity index (χ0n) is 30.6. The topological polar surface area (TPSA) is 134 Å². The van der Waals surface area contributed by atoms with Gasteiger partial charge in [-0.3, -0.25) is 13.9 Å². The summed E-state index contributed by atoms with van der Waals surface area (Å²) in [6, 6.07) is 28.7.